The third-order valence-corrected chi connectivity index (χ3v) is 5.71. The van der Waals surface area contributed by atoms with Gasteiger partial charge in [0.05, 0.1) is 23.4 Å². The number of ether oxygens (including phenoxy) is 1. The monoisotopic (exact) mass is 407 g/mol. The standard InChI is InChI=1S/C18H14ClNO6S/c1-10-7-17(21)26-15-9-12(4-5-13(10)15)20-27(23,24)16-8-11(18(22)25-2)3-6-14(16)19/h3-9,20H,1-2H3. The lowest BCUT2D eigenvalue weighted by Gasteiger charge is -2.11. The molecule has 0 atom stereocenters. The molecular weight excluding hydrogens is 394 g/mol. The Morgan fingerprint density at radius 3 is 2.59 bits per heavy atom. The van der Waals surface area contributed by atoms with E-state index in [1.54, 1.807) is 13.0 Å². The number of nitrogens with one attached hydrogen (secondary N) is 1. The Morgan fingerprint density at radius 1 is 1.15 bits per heavy atom. The number of aryl methyl sites for hydroxylation is 1. The van der Waals surface area contributed by atoms with Crippen LogP contribution in [0.5, 0.6) is 0 Å². The third-order valence-electron chi connectivity index (χ3n) is 3.85. The van der Waals surface area contributed by atoms with Crippen molar-refractivity contribution in [3.05, 3.63) is 69.0 Å². The molecule has 9 heteroatoms. The maximum absolute atomic E-state index is 12.7. The van der Waals surface area contributed by atoms with Crippen LogP contribution < -0.4 is 10.3 Å². The lowest BCUT2D eigenvalue weighted by Crippen LogP contribution is -2.14. The molecular formula is C18H14ClNO6S. The lowest BCUT2D eigenvalue weighted by atomic mass is 10.1. The number of hydrogen-bond acceptors (Lipinski definition) is 6. The van der Waals surface area contributed by atoms with Crippen LogP contribution in [0.25, 0.3) is 11.0 Å². The minimum atomic E-state index is -4.11. The molecule has 140 valence electrons. The van der Waals surface area contributed by atoms with Crippen LogP contribution in [-0.4, -0.2) is 21.5 Å². The third kappa shape index (κ3) is 3.81. The Bertz CT molecular complexity index is 1220. The van der Waals surface area contributed by atoms with Gasteiger partial charge in [-0.1, -0.05) is 11.6 Å². The number of hydrogen-bond donors (Lipinski definition) is 1. The highest BCUT2D eigenvalue weighted by molar-refractivity contribution is 7.92. The Labute approximate surface area is 159 Å². The van der Waals surface area contributed by atoms with Crippen LogP contribution in [0, 0.1) is 6.92 Å². The second kappa shape index (κ2) is 7.05. The van der Waals surface area contributed by atoms with Crippen molar-refractivity contribution < 1.29 is 22.4 Å². The van der Waals surface area contributed by atoms with Crippen LogP contribution in [0.2, 0.25) is 5.02 Å². The number of carbonyl (C=O) groups is 1. The van der Waals surface area contributed by atoms with Crippen molar-refractivity contribution in [3.8, 4) is 0 Å². The summed E-state index contributed by atoms with van der Waals surface area (Å²) in [7, 11) is -2.92. The number of esters is 1. The molecule has 0 fully saturated rings. The van der Waals surface area contributed by atoms with Gasteiger partial charge in [-0.05, 0) is 42.8 Å². The smallest absolute Gasteiger partial charge is 0.337 e. The summed E-state index contributed by atoms with van der Waals surface area (Å²) in [5.74, 6) is -0.689. The average Bonchev–Trinajstić information content (AvgIpc) is 2.60. The maximum Gasteiger partial charge on any atom is 0.337 e. The summed E-state index contributed by atoms with van der Waals surface area (Å²) >= 11 is 6.00. The van der Waals surface area contributed by atoms with Crippen LogP contribution in [-0.2, 0) is 14.8 Å². The van der Waals surface area contributed by atoms with E-state index < -0.39 is 21.6 Å². The van der Waals surface area contributed by atoms with E-state index in [1.807, 2.05) is 0 Å². The molecule has 1 N–H and O–H groups in total. The number of rotatable bonds is 4. The molecule has 0 radical (unpaired) electrons. The van der Waals surface area contributed by atoms with Gasteiger partial charge in [0.15, 0.2) is 0 Å². The summed E-state index contributed by atoms with van der Waals surface area (Å²) in [6.07, 6.45) is 0. The normalized spacial score (nSPS) is 11.4. The predicted octanol–water partition coefficient (Wildman–Crippen LogP) is 3.34. The second-order valence-corrected chi connectivity index (χ2v) is 7.76. The highest BCUT2D eigenvalue weighted by atomic mass is 35.5. The number of benzene rings is 2. The zero-order chi connectivity index (χ0) is 19.8. The summed E-state index contributed by atoms with van der Waals surface area (Å²) in [5, 5.41) is 0.626. The van der Waals surface area contributed by atoms with Crippen molar-refractivity contribution in [2.75, 3.05) is 11.8 Å². The van der Waals surface area contributed by atoms with Crippen molar-refractivity contribution in [2.24, 2.45) is 0 Å². The van der Waals surface area contributed by atoms with Gasteiger partial charge < -0.3 is 9.15 Å². The molecule has 0 bridgehead atoms. The molecule has 0 spiro atoms. The van der Waals surface area contributed by atoms with Gasteiger partial charge in [0.25, 0.3) is 10.0 Å². The van der Waals surface area contributed by atoms with Crippen molar-refractivity contribution in [3.63, 3.8) is 0 Å². The second-order valence-electron chi connectivity index (χ2n) is 5.70. The first kappa shape index (κ1) is 18.9. The van der Waals surface area contributed by atoms with Crippen LogP contribution in [0.3, 0.4) is 0 Å². The predicted molar refractivity (Wildman–Crippen MR) is 101 cm³/mol. The first-order valence-corrected chi connectivity index (χ1v) is 9.52. The summed E-state index contributed by atoms with van der Waals surface area (Å²) in [6, 6.07) is 9.71. The van der Waals surface area contributed by atoms with Crippen LogP contribution in [0.4, 0.5) is 5.69 Å². The number of anilines is 1. The van der Waals surface area contributed by atoms with E-state index in [-0.39, 0.29) is 26.8 Å². The van der Waals surface area contributed by atoms with E-state index in [4.69, 9.17) is 16.0 Å². The zero-order valence-corrected chi connectivity index (χ0v) is 15.8. The van der Waals surface area contributed by atoms with Crippen molar-refractivity contribution in [1.29, 1.82) is 0 Å². The van der Waals surface area contributed by atoms with Gasteiger partial charge >= 0.3 is 11.6 Å². The van der Waals surface area contributed by atoms with Gasteiger partial charge in [-0.15, -0.1) is 0 Å². The fourth-order valence-corrected chi connectivity index (χ4v) is 4.13. The Kier molecular flexibility index (Phi) is 4.95. The van der Waals surface area contributed by atoms with Gasteiger partial charge in [0.1, 0.15) is 10.5 Å². The Balaban J connectivity index is 2.03. The van der Waals surface area contributed by atoms with E-state index in [1.165, 1.54) is 37.4 Å². The molecule has 0 unspecified atom stereocenters. The molecule has 27 heavy (non-hydrogen) atoms. The van der Waals surface area contributed by atoms with E-state index in [9.17, 15) is 18.0 Å². The van der Waals surface area contributed by atoms with E-state index in [0.29, 0.717) is 10.9 Å². The first-order valence-electron chi connectivity index (χ1n) is 7.66. The lowest BCUT2D eigenvalue weighted by molar-refractivity contribution is 0.0600. The number of fused-ring (bicyclic) bond motifs is 1. The maximum atomic E-state index is 12.7. The summed E-state index contributed by atoms with van der Waals surface area (Å²) in [6.45, 7) is 1.75. The molecule has 0 aliphatic rings. The van der Waals surface area contributed by atoms with Gasteiger partial charge in [0, 0.05) is 17.5 Å². The number of carbonyl (C=O) groups excluding carboxylic acids is 1. The van der Waals surface area contributed by atoms with Gasteiger partial charge in [-0.3, -0.25) is 4.72 Å². The Morgan fingerprint density at radius 2 is 1.89 bits per heavy atom. The van der Waals surface area contributed by atoms with E-state index in [2.05, 4.69) is 9.46 Å². The molecule has 0 aliphatic heterocycles. The topological polar surface area (TPSA) is 103 Å². The highest BCUT2D eigenvalue weighted by Gasteiger charge is 2.21. The molecule has 0 saturated carbocycles. The number of sulfonamides is 1. The van der Waals surface area contributed by atoms with Crippen LogP contribution in [0.15, 0.2) is 56.6 Å². The molecule has 7 nitrogen and oxygen atoms in total. The van der Waals surface area contributed by atoms with Crippen molar-refractivity contribution in [1.82, 2.24) is 0 Å². The molecule has 1 heterocycles. The van der Waals surface area contributed by atoms with Crippen molar-refractivity contribution in [2.45, 2.75) is 11.8 Å². The van der Waals surface area contributed by atoms with Gasteiger partial charge in [-0.25, -0.2) is 18.0 Å². The number of methoxy groups -OCH3 is 1. The molecule has 1 aromatic heterocycles. The molecule has 2 aromatic carbocycles. The molecule has 0 saturated heterocycles. The van der Waals surface area contributed by atoms with Gasteiger partial charge in [0.2, 0.25) is 0 Å². The van der Waals surface area contributed by atoms with Crippen LogP contribution in [0.1, 0.15) is 15.9 Å². The summed E-state index contributed by atoms with van der Waals surface area (Å²) < 4.78 is 37.5. The quantitative estimate of drug-likeness (QED) is 0.525. The van der Waals surface area contributed by atoms with E-state index in [0.717, 1.165) is 6.07 Å². The summed E-state index contributed by atoms with van der Waals surface area (Å²) in [5.41, 5.74) is 0.645. The van der Waals surface area contributed by atoms with E-state index >= 15 is 0 Å². The van der Waals surface area contributed by atoms with Crippen LogP contribution >= 0.6 is 11.6 Å². The molecule has 0 aliphatic carbocycles. The SMILES string of the molecule is COC(=O)c1ccc(Cl)c(S(=O)(=O)Nc2ccc3c(C)cc(=O)oc3c2)c1. The minimum absolute atomic E-state index is 0.0439. The molecule has 0 amide bonds. The largest absolute Gasteiger partial charge is 0.465 e. The highest BCUT2D eigenvalue weighted by Crippen LogP contribution is 2.27. The molecule has 3 rings (SSSR count). The summed E-state index contributed by atoms with van der Waals surface area (Å²) in [4.78, 5) is 22.9. The first-order chi connectivity index (χ1) is 12.7. The Hall–Kier alpha value is -2.84. The molecule has 3 aromatic rings. The zero-order valence-electron chi connectivity index (χ0n) is 14.3. The van der Waals surface area contributed by atoms with Gasteiger partial charge in [-0.2, -0.15) is 0 Å². The minimum Gasteiger partial charge on any atom is -0.465 e. The van der Waals surface area contributed by atoms with Crippen molar-refractivity contribution >= 4 is 44.3 Å². The average molecular weight is 408 g/mol. The fourth-order valence-electron chi connectivity index (χ4n) is 2.55. The fraction of sp³-hybridized carbons (Fsp3) is 0.111. The number of halogens is 1.